The van der Waals surface area contributed by atoms with Gasteiger partial charge in [-0.2, -0.15) is 0 Å². The summed E-state index contributed by atoms with van der Waals surface area (Å²) in [4.78, 5) is 13.2. The minimum Gasteiger partial charge on any atom is -0.394 e. The van der Waals surface area contributed by atoms with Gasteiger partial charge < -0.3 is 89.9 Å². The Kier molecular flexibility index (Phi) is 34.0. The maximum Gasteiger partial charge on any atom is 0.220 e. The van der Waals surface area contributed by atoms with Crippen molar-refractivity contribution in [3.63, 3.8) is 0 Å². The van der Waals surface area contributed by atoms with Crippen molar-refractivity contribution in [2.45, 2.75) is 227 Å². The van der Waals surface area contributed by atoms with E-state index in [0.717, 1.165) is 70.6 Å². The highest BCUT2D eigenvalue weighted by atomic mass is 16.8. The van der Waals surface area contributed by atoms with E-state index in [1.807, 2.05) is 6.08 Å². The van der Waals surface area contributed by atoms with Crippen LogP contribution < -0.4 is 5.32 Å². The Labute approximate surface area is 438 Å². The van der Waals surface area contributed by atoms with Gasteiger partial charge in [-0.15, -0.1) is 0 Å². The van der Waals surface area contributed by atoms with Gasteiger partial charge in [0, 0.05) is 6.42 Å². The molecule has 0 saturated carbocycles. The number of aliphatic hydroxyl groups excluding tert-OH is 11. The molecule has 3 aliphatic rings. The highest BCUT2D eigenvalue weighted by molar-refractivity contribution is 5.76. The van der Waals surface area contributed by atoms with E-state index < -0.39 is 124 Å². The molecule has 0 aliphatic carbocycles. The molecule has 3 aliphatic heterocycles. The summed E-state index contributed by atoms with van der Waals surface area (Å²) in [6.45, 7) is 1.46. The molecule has 17 atom stereocenters. The van der Waals surface area contributed by atoms with Crippen LogP contribution in [0.4, 0.5) is 0 Å². The van der Waals surface area contributed by atoms with Crippen LogP contribution in [-0.4, -0.2) is 193 Å². The van der Waals surface area contributed by atoms with Gasteiger partial charge >= 0.3 is 0 Å². The van der Waals surface area contributed by atoms with Crippen LogP contribution in [0.15, 0.2) is 85.1 Å². The molecule has 0 aromatic heterocycles. The smallest absolute Gasteiger partial charge is 0.220 e. The molecule has 3 rings (SSSR count). The molecule has 19 heteroatoms. The van der Waals surface area contributed by atoms with E-state index in [-0.39, 0.29) is 18.9 Å². The minimum atomic E-state index is -1.99. The number of ether oxygens (including phenoxy) is 6. The van der Waals surface area contributed by atoms with E-state index in [9.17, 15) is 61.0 Å². The summed E-state index contributed by atoms with van der Waals surface area (Å²) < 4.78 is 34.1. The van der Waals surface area contributed by atoms with Gasteiger partial charge in [0.25, 0.3) is 0 Å². The van der Waals surface area contributed by atoms with Gasteiger partial charge in [-0.05, 0) is 77.0 Å². The zero-order valence-corrected chi connectivity index (χ0v) is 43.5. The molecule has 424 valence electrons. The third-order valence-corrected chi connectivity index (χ3v) is 12.9. The number of unbranched alkanes of at least 4 members (excludes halogenated alkanes) is 8. The predicted octanol–water partition coefficient (Wildman–Crippen LogP) is 2.86. The van der Waals surface area contributed by atoms with Crippen LogP contribution in [0.2, 0.25) is 0 Å². The highest BCUT2D eigenvalue weighted by Crippen LogP contribution is 2.33. The maximum atomic E-state index is 13.2. The summed E-state index contributed by atoms with van der Waals surface area (Å²) in [6, 6.07) is -1.01. The summed E-state index contributed by atoms with van der Waals surface area (Å²) in [6.07, 6.45) is 17.4. The van der Waals surface area contributed by atoms with Crippen molar-refractivity contribution in [2.24, 2.45) is 0 Å². The first kappa shape index (κ1) is 65.3. The van der Waals surface area contributed by atoms with Crippen molar-refractivity contribution < 1.29 is 89.4 Å². The molecular formula is C55H91NO18. The molecule has 17 unspecified atom stereocenters. The molecular weight excluding hydrogens is 963 g/mol. The van der Waals surface area contributed by atoms with Crippen LogP contribution in [0.3, 0.4) is 0 Å². The van der Waals surface area contributed by atoms with Gasteiger partial charge in [-0.25, -0.2) is 0 Å². The highest BCUT2D eigenvalue weighted by Gasteiger charge is 2.53. The van der Waals surface area contributed by atoms with Crippen molar-refractivity contribution in [1.82, 2.24) is 5.32 Å². The van der Waals surface area contributed by atoms with Crippen molar-refractivity contribution in [3.05, 3.63) is 85.1 Å². The van der Waals surface area contributed by atoms with E-state index in [0.29, 0.717) is 12.8 Å². The van der Waals surface area contributed by atoms with Gasteiger partial charge in [0.1, 0.15) is 73.2 Å². The lowest BCUT2D eigenvalue weighted by molar-refractivity contribution is -0.379. The first-order valence-corrected chi connectivity index (χ1v) is 26.8. The largest absolute Gasteiger partial charge is 0.394 e. The Morgan fingerprint density at radius 2 is 0.946 bits per heavy atom. The summed E-state index contributed by atoms with van der Waals surface area (Å²) in [5, 5.41) is 120. The van der Waals surface area contributed by atoms with Crippen LogP contribution in [0, 0.1) is 0 Å². The van der Waals surface area contributed by atoms with Crippen molar-refractivity contribution in [2.75, 3.05) is 26.4 Å². The Morgan fingerprint density at radius 1 is 0.500 bits per heavy atom. The number of hydrogen-bond donors (Lipinski definition) is 12. The molecule has 1 amide bonds. The van der Waals surface area contributed by atoms with Crippen LogP contribution in [0.5, 0.6) is 0 Å². The fourth-order valence-electron chi connectivity index (χ4n) is 8.46. The van der Waals surface area contributed by atoms with E-state index in [4.69, 9.17) is 28.4 Å². The number of allylic oxidation sites excluding steroid dienone is 13. The lowest BCUT2D eigenvalue weighted by Crippen LogP contribution is -2.66. The van der Waals surface area contributed by atoms with Crippen molar-refractivity contribution in [1.29, 1.82) is 0 Å². The molecule has 0 aromatic rings. The van der Waals surface area contributed by atoms with Gasteiger partial charge in [0.15, 0.2) is 18.9 Å². The van der Waals surface area contributed by atoms with Crippen molar-refractivity contribution >= 4 is 5.91 Å². The Bertz CT molecular complexity index is 1690. The Balaban J connectivity index is 1.54. The van der Waals surface area contributed by atoms with Crippen LogP contribution in [0.1, 0.15) is 123 Å². The predicted molar refractivity (Wildman–Crippen MR) is 277 cm³/mol. The number of carbonyl (C=O) groups is 1. The molecule has 74 heavy (non-hydrogen) atoms. The zero-order valence-electron chi connectivity index (χ0n) is 43.5. The molecule has 3 heterocycles. The number of nitrogens with one attached hydrogen (secondary N) is 1. The molecule has 0 spiro atoms. The van der Waals surface area contributed by atoms with Gasteiger partial charge in [0.2, 0.25) is 5.91 Å². The summed E-state index contributed by atoms with van der Waals surface area (Å²) in [5.41, 5.74) is 0. The molecule has 12 N–H and O–H groups in total. The second-order valence-electron chi connectivity index (χ2n) is 18.9. The summed E-state index contributed by atoms with van der Waals surface area (Å²) >= 11 is 0. The molecule has 3 saturated heterocycles. The molecule has 0 bridgehead atoms. The average Bonchev–Trinajstić information content (AvgIpc) is 3.40. The standard InChI is InChI=1S/C55H91NO18/c1-3-5-7-9-11-13-15-16-17-18-19-20-21-22-23-25-27-29-31-33-43(61)56-38(39(60)32-30-28-26-24-14-12-10-8-6-4-2)37-69-53-49(67)46(64)51(41(35-58)71-53)74-55-50(68)47(65)52(42(36-59)72-55)73-54-48(66)45(63)44(62)40(34-57)70-54/h5,7,11,13-14,16-17,19-20,22-24,30,32,38-42,44-55,57-60,62-68H,3-4,6,8-10,12,15,18,21,25-29,31,33-37H2,1-2H3,(H,56,61)/b7-5-,13-11-,17-16-,20-19-,23-22-,24-14+,32-30+. The lowest BCUT2D eigenvalue weighted by Gasteiger charge is -2.48. The van der Waals surface area contributed by atoms with E-state index in [2.05, 4.69) is 92.1 Å². The first-order valence-electron chi connectivity index (χ1n) is 26.8. The van der Waals surface area contributed by atoms with Gasteiger partial charge in [-0.1, -0.05) is 125 Å². The molecule has 19 nitrogen and oxygen atoms in total. The summed E-state index contributed by atoms with van der Waals surface area (Å²) in [5.74, 6) is -0.325. The molecule has 3 fully saturated rings. The lowest BCUT2D eigenvalue weighted by atomic mass is 9.96. The minimum absolute atomic E-state index is 0.191. The Morgan fingerprint density at radius 3 is 1.49 bits per heavy atom. The zero-order chi connectivity index (χ0) is 54.1. The average molecular weight is 1050 g/mol. The molecule has 0 aromatic carbocycles. The molecule has 0 radical (unpaired) electrons. The van der Waals surface area contributed by atoms with Gasteiger partial charge in [-0.3, -0.25) is 4.79 Å². The number of aliphatic hydroxyl groups is 11. The van der Waals surface area contributed by atoms with Crippen molar-refractivity contribution in [3.8, 4) is 0 Å². The topological polar surface area (TPSA) is 307 Å². The van der Waals surface area contributed by atoms with Crippen LogP contribution >= 0.6 is 0 Å². The third kappa shape index (κ3) is 23.3. The monoisotopic (exact) mass is 1050 g/mol. The Hall–Kier alpha value is -3.03. The normalized spacial score (nSPS) is 32.1. The van der Waals surface area contributed by atoms with Crippen LogP contribution in [-0.2, 0) is 33.2 Å². The number of hydrogen-bond acceptors (Lipinski definition) is 18. The van der Waals surface area contributed by atoms with E-state index >= 15 is 0 Å². The number of carbonyl (C=O) groups excluding carboxylic acids is 1. The number of amides is 1. The third-order valence-electron chi connectivity index (χ3n) is 12.9. The first-order chi connectivity index (χ1) is 35.8. The SMILES string of the molecule is CC/C=C\C/C=C\C/C=C\C/C=C\C/C=C\CCCCCC(=O)NC(COC1OC(CO)C(OC2OC(CO)C(OC3OC(CO)C(O)C(O)C3O)C(O)C2O)C(O)C1O)C(O)/C=C/CC/C=C/CCCCCC. The fraction of sp³-hybridized carbons (Fsp3) is 0.727. The second kappa shape index (κ2) is 38.5. The fourth-order valence-corrected chi connectivity index (χ4v) is 8.46. The second-order valence-corrected chi connectivity index (χ2v) is 18.9. The van der Waals surface area contributed by atoms with Gasteiger partial charge in [0.05, 0.1) is 38.6 Å². The quantitative estimate of drug-likeness (QED) is 0.0317. The van der Waals surface area contributed by atoms with Crippen LogP contribution in [0.25, 0.3) is 0 Å². The summed E-state index contributed by atoms with van der Waals surface area (Å²) in [7, 11) is 0. The number of rotatable bonds is 36. The van der Waals surface area contributed by atoms with E-state index in [1.54, 1.807) is 6.08 Å². The van der Waals surface area contributed by atoms with E-state index in [1.165, 1.54) is 19.3 Å². The maximum absolute atomic E-state index is 13.2.